The number of rotatable bonds is 8. The molecule has 4 nitrogen and oxygen atoms in total. The molecule has 0 saturated heterocycles. The summed E-state index contributed by atoms with van der Waals surface area (Å²) in [6.45, 7) is 10.4. The average Bonchev–Trinajstić information content (AvgIpc) is 2.53. The van der Waals surface area contributed by atoms with Gasteiger partial charge in [0.25, 0.3) is 0 Å². The third kappa shape index (κ3) is 7.47. The molecule has 1 rings (SSSR count). The summed E-state index contributed by atoms with van der Waals surface area (Å²) in [6, 6.07) is 10.2. The van der Waals surface area contributed by atoms with Crippen LogP contribution in [-0.4, -0.2) is 29.2 Å². The minimum atomic E-state index is -0.335. The SMILES string of the molecule is CC(/C=C/C=C/OC(=O)N(C(C)C)C(C)C)OCc1ccccc1. The third-order valence-electron chi connectivity index (χ3n) is 3.42. The zero-order chi connectivity index (χ0) is 17.9. The number of nitrogens with zero attached hydrogens (tertiary/aromatic N) is 1. The quantitative estimate of drug-likeness (QED) is 0.501. The number of hydrogen-bond acceptors (Lipinski definition) is 3. The van der Waals surface area contributed by atoms with Crippen molar-refractivity contribution >= 4 is 6.09 Å². The van der Waals surface area contributed by atoms with Crippen LogP contribution in [0.3, 0.4) is 0 Å². The lowest BCUT2D eigenvalue weighted by Crippen LogP contribution is -2.41. The normalized spacial score (nSPS) is 13.1. The first-order valence-corrected chi connectivity index (χ1v) is 8.39. The van der Waals surface area contributed by atoms with Crippen LogP contribution in [0.4, 0.5) is 4.79 Å². The minimum absolute atomic E-state index is 0.0200. The average molecular weight is 331 g/mol. The zero-order valence-electron chi connectivity index (χ0n) is 15.3. The molecular weight excluding hydrogens is 302 g/mol. The van der Waals surface area contributed by atoms with Crippen molar-refractivity contribution in [1.82, 2.24) is 4.90 Å². The van der Waals surface area contributed by atoms with E-state index < -0.39 is 0 Å². The van der Waals surface area contributed by atoms with E-state index in [4.69, 9.17) is 9.47 Å². The maximum atomic E-state index is 12.0. The van der Waals surface area contributed by atoms with Crippen LogP contribution in [0.15, 0.2) is 54.8 Å². The molecule has 24 heavy (non-hydrogen) atoms. The fraction of sp³-hybridized carbons (Fsp3) is 0.450. The first-order chi connectivity index (χ1) is 11.4. The Morgan fingerprint density at radius 3 is 2.25 bits per heavy atom. The van der Waals surface area contributed by atoms with Crippen LogP contribution in [0.5, 0.6) is 0 Å². The smallest absolute Gasteiger partial charge is 0.415 e. The van der Waals surface area contributed by atoms with E-state index in [1.807, 2.05) is 77.1 Å². The molecule has 0 aliphatic rings. The van der Waals surface area contributed by atoms with Crippen LogP contribution in [0.1, 0.15) is 40.2 Å². The minimum Gasteiger partial charge on any atom is -0.418 e. The highest BCUT2D eigenvalue weighted by molar-refractivity contribution is 5.69. The number of amides is 1. The molecule has 4 heteroatoms. The summed E-state index contributed by atoms with van der Waals surface area (Å²) >= 11 is 0. The number of carbonyl (C=O) groups excluding carboxylic acids is 1. The lowest BCUT2D eigenvalue weighted by molar-refractivity contribution is 0.0841. The summed E-state index contributed by atoms with van der Waals surface area (Å²) in [5.74, 6) is 0. The van der Waals surface area contributed by atoms with Crippen molar-refractivity contribution in [1.29, 1.82) is 0 Å². The Kier molecular flexibility index (Phi) is 8.87. The molecule has 0 radical (unpaired) electrons. The van der Waals surface area contributed by atoms with Crippen molar-refractivity contribution in [3.8, 4) is 0 Å². The Morgan fingerprint density at radius 2 is 1.67 bits per heavy atom. The van der Waals surface area contributed by atoms with Crippen LogP contribution in [0.2, 0.25) is 0 Å². The Morgan fingerprint density at radius 1 is 1.04 bits per heavy atom. The summed E-state index contributed by atoms with van der Waals surface area (Å²) in [5, 5.41) is 0. The maximum absolute atomic E-state index is 12.0. The molecule has 1 amide bonds. The van der Waals surface area contributed by atoms with Gasteiger partial charge >= 0.3 is 6.09 Å². The van der Waals surface area contributed by atoms with Gasteiger partial charge in [0.05, 0.1) is 19.0 Å². The van der Waals surface area contributed by atoms with E-state index in [9.17, 15) is 4.79 Å². The second kappa shape index (κ2) is 10.7. The molecule has 1 aromatic carbocycles. The second-order valence-corrected chi connectivity index (χ2v) is 6.19. The van der Waals surface area contributed by atoms with E-state index in [-0.39, 0.29) is 24.3 Å². The van der Waals surface area contributed by atoms with Gasteiger partial charge in [0.2, 0.25) is 0 Å². The maximum Gasteiger partial charge on any atom is 0.415 e. The van der Waals surface area contributed by atoms with E-state index in [0.717, 1.165) is 5.56 Å². The van der Waals surface area contributed by atoms with Crippen LogP contribution in [0.25, 0.3) is 0 Å². The summed E-state index contributed by atoms with van der Waals surface area (Å²) in [4.78, 5) is 13.7. The molecule has 0 spiro atoms. The topological polar surface area (TPSA) is 38.8 Å². The fourth-order valence-electron chi connectivity index (χ4n) is 2.30. The van der Waals surface area contributed by atoms with Crippen molar-refractivity contribution in [2.45, 2.75) is 59.4 Å². The van der Waals surface area contributed by atoms with E-state index in [1.54, 1.807) is 11.0 Å². The van der Waals surface area contributed by atoms with Gasteiger partial charge < -0.3 is 14.4 Å². The van der Waals surface area contributed by atoms with Gasteiger partial charge in [0, 0.05) is 12.1 Å². The molecule has 0 bridgehead atoms. The van der Waals surface area contributed by atoms with Crippen molar-refractivity contribution in [3.05, 3.63) is 60.4 Å². The van der Waals surface area contributed by atoms with Gasteiger partial charge in [-0.3, -0.25) is 0 Å². The van der Waals surface area contributed by atoms with E-state index in [0.29, 0.717) is 6.61 Å². The molecular formula is C20H29NO3. The number of ether oxygens (including phenoxy) is 2. The molecule has 1 aromatic rings. The number of hydrogen-bond donors (Lipinski definition) is 0. The van der Waals surface area contributed by atoms with Gasteiger partial charge in [0.1, 0.15) is 0 Å². The van der Waals surface area contributed by atoms with Crippen LogP contribution in [-0.2, 0) is 16.1 Å². The van der Waals surface area contributed by atoms with E-state index >= 15 is 0 Å². The number of allylic oxidation sites excluding steroid dienone is 2. The lowest BCUT2D eigenvalue weighted by atomic mass is 10.2. The Labute approximate surface area is 145 Å². The van der Waals surface area contributed by atoms with Crippen molar-refractivity contribution in [3.63, 3.8) is 0 Å². The summed E-state index contributed by atoms with van der Waals surface area (Å²) in [5.41, 5.74) is 1.14. The lowest BCUT2D eigenvalue weighted by Gasteiger charge is -2.28. The Balaban J connectivity index is 2.35. The largest absolute Gasteiger partial charge is 0.418 e. The summed E-state index contributed by atoms with van der Waals surface area (Å²) < 4.78 is 10.9. The molecule has 132 valence electrons. The Bertz CT molecular complexity index is 527. The molecule has 0 fully saturated rings. The monoisotopic (exact) mass is 331 g/mol. The highest BCUT2D eigenvalue weighted by Gasteiger charge is 2.20. The highest BCUT2D eigenvalue weighted by atomic mass is 16.5. The predicted molar refractivity (Wildman–Crippen MR) is 97.6 cm³/mol. The molecule has 0 aromatic heterocycles. The van der Waals surface area contributed by atoms with E-state index in [2.05, 4.69) is 0 Å². The van der Waals surface area contributed by atoms with Crippen LogP contribution < -0.4 is 0 Å². The first kappa shape index (κ1) is 20.0. The number of carbonyl (C=O) groups is 1. The van der Waals surface area contributed by atoms with Crippen LogP contribution in [0, 0.1) is 0 Å². The van der Waals surface area contributed by atoms with Gasteiger partial charge in [-0.25, -0.2) is 4.79 Å². The van der Waals surface area contributed by atoms with Crippen LogP contribution >= 0.6 is 0 Å². The van der Waals surface area contributed by atoms with Gasteiger partial charge in [-0.05, 0) is 46.3 Å². The fourth-order valence-corrected chi connectivity index (χ4v) is 2.30. The van der Waals surface area contributed by atoms with Crippen molar-refractivity contribution in [2.24, 2.45) is 0 Å². The van der Waals surface area contributed by atoms with Gasteiger partial charge in [-0.1, -0.05) is 42.5 Å². The summed E-state index contributed by atoms with van der Waals surface area (Å²) in [6.07, 6.45) is 6.47. The molecule has 1 unspecified atom stereocenters. The summed E-state index contributed by atoms with van der Waals surface area (Å²) in [7, 11) is 0. The van der Waals surface area contributed by atoms with Gasteiger partial charge in [0.15, 0.2) is 0 Å². The van der Waals surface area contributed by atoms with E-state index in [1.165, 1.54) is 6.26 Å². The standard InChI is InChI=1S/C20H29NO3/c1-16(2)21(17(3)4)20(22)23-14-10-9-11-18(5)24-15-19-12-7-6-8-13-19/h6-14,16-18H,15H2,1-5H3/b11-9+,14-10+. The molecule has 0 aliphatic carbocycles. The Hall–Kier alpha value is -2.07. The molecule has 0 heterocycles. The highest BCUT2D eigenvalue weighted by Crippen LogP contribution is 2.08. The number of benzene rings is 1. The van der Waals surface area contributed by atoms with Crippen molar-refractivity contribution in [2.75, 3.05) is 0 Å². The zero-order valence-corrected chi connectivity index (χ0v) is 15.3. The van der Waals surface area contributed by atoms with Gasteiger partial charge in [-0.2, -0.15) is 0 Å². The third-order valence-corrected chi connectivity index (χ3v) is 3.42. The second-order valence-electron chi connectivity index (χ2n) is 6.19. The van der Waals surface area contributed by atoms with Crippen molar-refractivity contribution < 1.29 is 14.3 Å². The van der Waals surface area contributed by atoms with Gasteiger partial charge in [-0.15, -0.1) is 0 Å². The predicted octanol–water partition coefficient (Wildman–Crippen LogP) is 4.92. The molecule has 1 atom stereocenters. The molecule has 0 N–H and O–H groups in total. The molecule has 0 saturated carbocycles. The molecule has 0 aliphatic heterocycles. The first-order valence-electron chi connectivity index (χ1n) is 8.39.